The molecule has 0 bridgehead atoms. The van der Waals surface area contributed by atoms with Crippen LogP contribution >= 0.6 is 0 Å². The molecule has 0 radical (unpaired) electrons. The third-order valence-corrected chi connectivity index (χ3v) is 4.33. The maximum absolute atomic E-state index is 6.11. The van der Waals surface area contributed by atoms with Crippen LogP contribution in [0.3, 0.4) is 0 Å². The Kier molecular flexibility index (Phi) is 3.55. The quantitative estimate of drug-likeness (QED) is 0.816. The molecule has 1 aromatic heterocycles. The minimum atomic E-state index is 0.488. The Morgan fingerprint density at radius 3 is 2.61 bits per heavy atom. The summed E-state index contributed by atoms with van der Waals surface area (Å²) in [5, 5.41) is 8.04. The van der Waals surface area contributed by atoms with Crippen molar-refractivity contribution in [3.05, 3.63) is 5.69 Å². The number of hydrogen-bond acceptors (Lipinski definition) is 3. The molecule has 0 spiro atoms. The van der Waals surface area contributed by atoms with Gasteiger partial charge in [-0.15, -0.1) is 0 Å². The maximum Gasteiger partial charge on any atom is 0.148 e. The average molecular weight is 250 g/mol. The molecule has 1 aromatic rings. The maximum atomic E-state index is 6.11. The van der Waals surface area contributed by atoms with Crippen LogP contribution in [0.15, 0.2) is 0 Å². The smallest absolute Gasteiger partial charge is 0.148 e. The summed E-state index contributed by atoms with van der Waals surface area (Å²) in [6.45, 7) is 10.7. The zero-order chi connectivity index (χ0) is 13.3. The summed E-state index contributed by atoms with van der Waals surface area (Å²) < 4.78 is 2.01. The number of anilines is 2. The fourth-order valence-corrected chi connectivity index (χ4v) is 2.53. The lowest BCUT2D eigenvalue weighted by Crippen LogP contribution is -2.22. The molecule has 4 heteroatoms. The number of nitrogens with two attached hydrogens (primary N) is 1. The van der Waals surface area contributed by atoms with Gasteiger partial charge in [0.2, 0.25) is 0 Å². The van der Waals surface area contributed by atoms with Crippen molar-refractivity contribution in [3.63, 3.8) is 0 Å². The van der Waals surface area contributed by atoms with Gasteiger partial charge in [-0.25, -0.2) is 4.68 Å². The van der Waals surface area contributed by atoms with Crippen molar-refractivity contribution in [1.82, 2.24) is 9.78 Å². The van der Waals surface area contributed by atoms with E-state index < -0.39 is 0 Å². The highest BCUT2D eigenvalue weighted by atomic mass is 15.3. The van der Waals surface area contributed by atoms with E-state index in [0.29, 0.717) is 5.41 Å². The zero-order valence-electron chi connectivity index (χ0n) is 12.1. The van der Waals surface area contributed by atoms with Crippen molar-refractivity contribution >= 4 is 11.5 Å². The second-order valence-electron chi connectivity index (χ2n) is 5.94. The first-order valence-corrected chi connectivity index (χ1v) is 7.07. The fourth-order valence-electron chi connectivity index (χ4n) is 2.53. The molecule has 3 N–H and O–H groups in total. The van der Waals surface area contributed by atoms with E-state index in [0.717, 1.165) is 42.6 Å². The lowest BCUT2D eigenvalue weighted by molar-refractivity contribution is 0.379. The molecule has 1 saturated carbocycles. The van der Waals surface area contributed by atoms with Crippen LogP contribution in [-0.2, 0) is 6.54 Å². The first-order valence-electron chi connectivity index (χ1n) is 7.07. The van der Waals surface area contributed by atoms with Crippen LogP contribution in [0.4, 0.5) is 11.5 Å². The Morgan fingerprint density at radius 2 is 2.11 bits per heavy atom. The molecule has 102 valence electrons. The standard InChI is InChI=1S/C14H26N4/c1-5-8-18-13(12(15)11(4)17-18)16-9-14(6-7-14)10(2)3/h10,16H,5-9,15H2,1-4H3. The molecule has 1 aliphatic carbocycles. The van der Waals surface area contributed by atoms with Crippen LogP contribution in [-0.4, -0.2) is 16.3 Å². The predicted molar refractivity (Wildman–Crippen MR) is 76.7 cm³/mol. The van der Waals surface area contributed by atoms with Gasteiger partial charge in [0.05, 0.1) is 11.4 Å². The second kappa shape index (κ2) is 4.82. The van der Waals surface area contributed by atoms with E-state index in [1.165, 1.54) is 12.8 Å². The van der Waals surface area contributed by atoms with Crippen molar-refractivity contribution in [1.29, 1.82) is 0 Å². The number of rotatable bonds is 6. The van der Waals surface area contributed by atoms with Crippen molar-refractivity contribution in [2.75, 3.05) is 17.6 Å². The monoisotopic (exact) mass is 250 g/mol. The van der Waals surface area contributed by atoms with Gasteiger partial charge in [0, 0.05) is 13.1 Å². The Morgan fingerprint density at radius 1 is 1.44 bits per heavy atom. The van der Waals surface area contributed by atoms with Crippen LogP contribution in [0.2, 0.25) is 0 Å². The molecule has 0 unspecified atom stereocenters. The zero-order valence-corrected chi connectivity index (χ0v) is 12.1. The Balaban J connectivity index is 2.09. The SMILES string of the molecule is CCCn1nc(C)c(N)c1NCC1(C(C)C)CC1. The van der Waals surface area contributed by atoms with Crippen LogP contribution in [0.25, 0.3) is 0 Å². The largest absolute Gasteiger partial charge is 0.394 e. The highest BCUT2D eigenvalue weighted by Crippen LogP contribution is 2.51. The number of aromatic nitrogens is 2. The molecular weight excluding hydrogens is 224 g/mol. The number of nitrogens with zero attached hydrogens (tertiary/aromatic N) is 2. The minimum Gasteiger partial charge on any atom is -0.394 e. The van der Waals surface area contributed by atoms with E-state index >= 15 is 0 Å². The molecular formula is C14H26N4. The highest BCUT2D eigenvalue weighted by Gasteiger charge is 2.45. The van der Waals surface area contributed by atoms with Gasteiger partial charge in [-0.3, -0.25) is 0 Å². The predicted octanol–water partition coefficient (Wildman–Crippen LogP) is 3.03. The molecule has 0 saturated heterocycles. The van der Waals surface area contributed by atoms with E-state index in [9.17, 15) is 0 Å². The van der Waals surface area contributed by atoms with E-state index in [-0.39, 0.29) is 0 Å². The summed E-state index contributed by atoms with van der Waals surface area (Å²) in [7, 11) is 0. The molecule has 1 fully saturated rings. The van der Waals surface area contributed by atoms with Gasteiger partial charge in [0.25, 0.3) is 0 Å². The third-order valence-electron chi connectivity index (χ3n) is 4.33. The minimum absolute atomic E-state index is 0.488. The molecule has 2 rings (SSSR count). The van der Waals surface area contributed by atoms with Gasteiger partial charge < -0.3 is 11.1 Å². The molecule has 0 atom stereocenters. The Labute approximate surface area is 110 Å². The molecule has 1 aliphatic rings. The highest BCUT2D eigenvalue weighted by molar-refractivity contribution is 5.64. The fraction of sp³-hybridized carbons (Fsp3) is 0.786. The molecule has 1 heterocycles. The number of nitrogens with one attached hydrogen (secondary N) is 1. The first kappa shape index (κ1) is 13.2. The third kappa shape index (κ3) is 2.33. The normalized spacial score (nSPS) is 17.2. The van der Waals surface area contributed by atoms with Crippen molar-refractivity contribution in [2.24, 2.45) is 11.3 Å². The van der Waals surface area contributed by atoms with Crippen LogP contribution in [0, 0.1) is 18.3 Å². The van der Waals surface area contributed by atoms with Gasteiger partial charge >= 0.3 is 0 Å². The number of aryl methyl sites for hydroxylation is 2. The van der Waals surface area contributed by atoms with Gasteiger partial charge in [-0.1, -0.05) is 20.8 Å². The average Bonchev–Trinajstić information content (AvgIpc) is 3.05. The van der Waals surface area contributed by atoms with Gasteiger partial charge in [-0.2, -0.15) is 5.10 Å². The van der Waals surface area contributed by atoms with Crippen molar-refractivity contribution < 1.29 is 0 Å². The van der Waals surface area contributed by atoms with E-state index in [1.807, 2.05) is 11.6 Å². The summed E-state index contributed by atoms with van der Waals surface area (Å²) in [6, 6.07) is 0. The Bertz CT molecular complexity index is 416. The number of nitrogen functional groups attached to an aromatic ring is 1. The van der Waals surface area contributed by atoms with E-state index in [4.69, 9.17) is 5.73 Å². The molecule has 4 nitrogen and oxygen atoms in total. The second-order valence-corrected chi connectivity index (χ2v) is 5.94. The molecule has 0 aliphatic heterocycles. The summed E-state index contributed by atoms with van der Waals surface area (Å²) >= 11 is 0. The van der Waals surface area contributed by atoms with Gasteiger partial charge in [0.1, 0.15) is 5.82 Å². The summed E-state index contributed by atoms with van der Waals surface area (Å²) in [4.78, 5) is 0. The van der Waals surface area contributed by atoms with Crippen LogP contribution < -0.4 is 11.1 Å². The molecule has 0 aromatic carbocycles. The Hall–Kier alpha value is -1.19. The molecule has 18 heavy (non-hydrogen) atoms. The summed E-state index contributed by atoms with van der Waals surface area (Å²) in [5.41, 5.74) is 8.34. The van der Waals surface area contributed by atoms with Crippen molar-refractivity contribution in [2.45, 2.75) is 53.5 Å². The first-order chi connectivity index (χ1) is 8.50. The lowest BCUT2D eigenvalue weighted by Gasteiger charge is -2.21. The van der Waals surface area contributed by atoms with Gasteiger partial charge in [-0.05, 0) is 37.5 Å². The van der Waals surface area contributed by atoms with Gasteiger partial charge in [0.15, 0.2) is 0 Å². The van der Waals surface area contributed by atoms with E-state index in [2.05, 4.69) is 31.2 Å². The van der Waals surface area contributed by atoms with Crippen LogP contribution in [0.5, 0.6) is 0 Å². The lowest BCUT2D eigenvalue weighted by atomic mass is 9.92. The van der Waals surface area contributed by atoms with E-state index in [1.54, 1.807) is 0 Å². The molecule has 0 amide bonds. The summed E-state index contributed by atoms with van der Waals surface area (Å²) in [6.07, 6.45) is 3.74. The summed E-state index contributed by atoms with van der Waals surface area (Å²) in [5.74, 6) is 1.75. The number of hydrogen-bond donors (Lipinski definition) is 2. The van der Waals surface area contributed by atoms with Crippen molar-refractivity contribution in [3.8, 4) is 0 Å². The van der Waals surface area contributed by atoms with Crippen LogP contribution in [0.1, 0.15) is 45.7 Å². The topological polar surface area (TPSA) is 55.9 Å².